The fourth-order valence-electron chi connectivity index (χ4n) is 3.17. The second-order valence-corrected chi connectivity index (χ2v) is 5.82. The van der Waals surface area contributed by atoms with Crippen LogP contribution in [-0.2, 0) is 6.54 Å². The Morgan fingerprint density at radius 1 is 1.14 bits per heavy atom. The van der Waals surface area contributed by atoms with Gasteiger partial charge in [-0.15, -0.1) is 0 Å². The van der Waals surface area contributed by atoms with Gasteiger partial charge in [0.25, 0.3) is 0 Å². The molecule has 0 aliphatic carbocycles. The topological polar surface area (TPSA) is 49.8 Å². The summed E-state index contributed by atoms with van der Waals surface area (Å²) < 4.78 is 10.8. The van der Waals surface area contributed by atoms with Crippen LogP contribution in [0.3, 0.4) is 0 Å². The summed E-state index contributed by atoms with van der Waals surface area (Å²) in [5.74, 6) is 1.66. The first kappa shape index (κ1) is 14.4. The highest BCUT2D eigenvalue weighted by atomic mass is 16.4. The number of rotatable bonds is 5. The molecule has 1 N–H and O–H groups in total. The Kier molecular flexibility index (Phi) is 4.78. The molecular weight excluding hydrogens is 266 g/mol. The van der Waals surface area contributed by atoms with Crippen LogP contribution in [0.4, 0.5) is 0 Å². The number of hydrogen-bond acceptors (Lipinski definition) is 4. The van der Waals surface area contributed by atoms with Crippen LogP contribution < -0.4 is 0 Å². The van der Waals surface area contributed by atoms with Crippen molar-refractivity contribution >= 4 is 0 Å². The first-order valence-corrected chi connectivity index (χ1v) is 7.81. The molecule has 0 radical (unpaired) electrons. The van der Waals surface area contributed by atoms with Crippen LogP contribution in [0.15, 0.2) is 45.6 Å². The first-order chi connectivity index (χ1) is 10.3. The second kappa shape index (κ2) is 6.96. The van der Waals surface area contributed by atoms with Gasteiger partial charge in [0.15, 0.2) is 0 Å². The average molecular weight is 289 g/mol. The lowest BCUT2D eigenvalue weighted by Crippen LogP contribution is -2.35. The second-order valence-electron chi connectivity index (χ2n) is 5.82. The van der Waals surface area contributed by atoms with Gasteiger partial charge in [-0.2, -0.15) is 0 Å². The Morgan fingerprint density at radius 2 is 2.00 bits per heavy atom. The fraction of sp³-hybridized carbons (Fsp3) is 0.529. The summed E-state index contributed by atoms with van der Waals surface area (Å²) in [6.45, 7) is 1.89. The molecule has 2 aromatic rings. The van der Waals surface area contributed by atoms with Crippen molar-refractivity contribution in [3.8, 4) is 0 Å². The van der Waals surface area contributed by atoms with Gasteiger partial charge in [0.2, 0.25) is 0 Å². The molecule has 3 rings (SSSR count). The molecule has 0 bridgehead atoms. The van der Waals surface area contributed by atoms with Crippen molar-refractivity contribution in [2.75, 3.05) is 6.54 Å². The van der Waals surface area contributed by atoms with Gasteiger partial charge in [0.1, 0.15) is 17.6 Å². The zero-order valence-corrected chi connectivity index (χ0v) is 12.3. The third kappa shape index (κ3) is 3.77. The van der Waals surface area contributed by atoms with Gasteiger partial charge in [-0.25, -0.2) is 0 Å². The predicted octanol–water partition coefficient (Wildman–Crippen LogP) is 3.74. The van der Waals surface area contributed by atoms with Crippen molar-refractivity contribution in [2.45, 2.75) is 50.8 Å². The van der Waals surface area contributed by atoms with E-state index in [9.17, 15) is 5.11 Å². The Hall–Kier alpha value is -1.52. The highest BCUT2D eigenvalue weighted by Crippen LogP contribution is 2.27. The first-order valence-electron chi connectivity index (χ1n) is 7.81. The number of likely N-dealkylation sites (tertiary alicyclic amines) is 1. The van der Waals surface area contributed by atoms with Crippen LogP contribution in [0.25, 0.3) is 0 Å². The van der Waals surface area contributed by atoms with Gasteiger partial charge in [-0.05, 0) is 50.1 Å². The van der Waals surface area contributed by atoms with Crippen LogP contribution >= 0.6 is 0 Å². The van der Waals surface area contributed by atoms with Crippen LogP contribution in [0, 0.1) is 0 Å². The molecule has 0 amide bonds. The van der Waals surface area contributed by atoms with E-state index in [-0.39, 0.29) is 0 Å². The van der Waals surface area contributed by atoms with Crippen molar-refractivity contribution in [1.82, 2.24) is 4.90 Å². The molecule has 0 spiro atoms. The lowest BCUT2D eigenvalue weighted by Gasteiger charge is -2.30. The standard InChI is InChI=1S/C17H23NO3/c19-16(17-8-5-11-21-17)12-14-6-2-1-3-9-18(14)13-15-7-4-10-20-15/h4-5,7-8,10-11,14,16,19H,1-3,6,9,12-13H2. The number of nitrogens with zero attached hydrogens (tertiary/aromatic N) is 1. The summed E-state index contributed by atoms with van der Waals surface area (Å²) in [4.78, 5) is 2.44. The molecule has 1 fully saturated rings. The molecule has 1 aliphatic heterocycles. The van der Waals surface area contributed by atoms with Crippen LogP contribution in [0.1, 0.15) is 49.7 Å². The fourth-order valence-corrected chi connectivity index (χ4v) is 3.17. The number of aliphatic hydroxyl groups is 1. The molecule has 1 aliphatic rings. The maximum Gasteiger partial charge on any atom is 0.132 e. The van der Waals surface area contributed by atoms with E-state index in [1.54, 1.807) is 12.5 Å². The summed E-state index contributed by atoms with van der Waals surface area (Å²) >= 11 is 0. The van der Waals surface area contributed by atoms with Gasteiger partial charge < -0.3 is 13.9 Å². The Morgan fingerprint density at radius 3 is 2.76 bits per heavy atom. The third-order valence-electron chi connectivity index (χ3n) is 4.31. The third-order valence-corrected chi connectivity index (χ3v) is 4.31. The summed E-state index contributed by atoms with van der Waals surface area (Å²) in [6, 6.07) is 7.99. The zero-order valence-electron chi connectivity index (χ0n) is 12.3. The molecule has 21 heavy (non-hydrogen) atoms. The molecule has 2 unspecified atom stereocenters. The monoisotopic (exact) mass is 289 g/mol. The van der Waals surface area contributed by atoms with E-state index in [0.717, 1.165) is 25.3 Å². The Labute approximate surface area is 125 Å². The van der Waals surface area contributed by atoms with E-state index < -0.39 is 6.10 Å². The smallest absolute Gasteiger partial charge is 0.132 e. The molecular formula is C17H23NO3. The SMILES string of the molecule is OC(CC1CCCCCN1Cc1ccco1)c1ccco1. The minimum absolute atomic E-state index is 0.373. The largest absolute Gasteiger partial charge is 0.468 e. The molecule has 1 saturated heterocycles. The highest BCUT2D eigenvalue weighted by molar-refractivity contribution is 5.03. The van der Waals surface area contributed by atoms with E-state index in [1.807, 2.05) is 24.3 Å². The van der Waals surface area contributed by atoms with Crippen molar-refractivity contribution in [1.29, 1.82) is 0 Å². The van der Waals surface area contributed by atoms with Gasteiger partial charge in [0.05, 0.1) is 19.1 Å². The lowest BCUT2D eigenvalue weighted by atomic mass is 10.0. The van der Waals surface area contributed by atoms with Crippen molar-refractivity contribution in [2.24, 2.45) is 0 Å². The van der Waals surface area contributed by atoms with Gasteiger partial charge in [-0.3, -0.25) is 4.90 Å². The number of furan rings is 2. The van der Waals surface area contributed by atoms with E-state index in [0.29, 0.717) is 18.2 Å². The quantitative estimate of drug-likeness (QED) is 0.911. The molecule has 114 valence electrons. The summed E-state index contributed by atoms with van der Waals surface area (Å²) in [6.07, 6.45) is 8.36. The molecule has 4 heteroatoms. The lowest BCUT2D eigenvalue weighted by molar-refractivity contribution is 0.0799. The maximum absolute atomic E-state index is 10.4. The van der Waals surface area contributed by atoms with Gasteiger partial charge >= 0.3 is 0 Å². The average Bonchev–Trinajstić information content (AvgIpc) is 3.14. The summed E-state index contributed by atoms with van der Waals surface area (Å²) in [7, 11) is 0. The molecule has 2 atom stereocenters. The van der Waals surface area contributed by atoms with Gasteiger partial charge in [0, 0.05) is 6.04 Å². The van der Waals surface area contributed by atoms with Crippen molar-refractivity contribution in [3.05, 3.63) is 48.3 Å². The van der Waals surface area contributed by atoms with E-state index >= 15 is 0 Å². The molecule has 3 heterocycles. The van der Waals surface area contributed by atoms with Crippen LogP contribution in [0.5, 0.6) is 0 Å². The van der Waals surface area contributed by atoms with Crippen LogP contribution in [0.2, 0.25) is 0 Å². The zero-order chi connectivity index (χ0) is 14.5. The van der Waals surface area contributed by atoms with E-state index in [1.165, 1.54) is 19.3 Å². The van der Waals surface area contributed by atoms with E-state index in [4.69, 9.17) is 8.83 Å². The van der Waals surface area contributed by atoms with E-state index in [2.05, 4.69) is 4.90 Å². The molecule has 4 nitrogen and oxygen atoms in total. The molecule has 0 aromatic carbocycles. The Balaban J connectivity index is 1.66. The normalized spacial score (nSPS) is 22.0. The number of aliphatic hydroxyl groups excluding tert-OH is 1. The Bertz CT molecular complexity index is 506. The van der Waals surface area contributed by atoms with Crippen molar-refractivity contribution in [3.63, 3.8) is 0 Å². The van der Waals surface area contributed by atoms with Crippen molar-refractivity contribution < 1.29 is 13.9 Å². The minimum Gasteiger partial charge on any atom is -0.468 e. The van der Waals surface area contributed by atoms with Gasteiger partial charge in [-0.1, -0.05) is 12.8 Å². The molecule has 2 aromatic heterocycles. The highest BCUT2D eigenvalue weighted by Gasteiger charge is 2.25. The summed E-state index contributed by atoms with van der Waals surface area (Å²) in [5, 5.41) is 10.4. The predicted molar refractivity (Wildman–Crippen MR) is 79.7 cm³/mol. The van der Waals surface area contributed by atoms with Crippen LogP contribution in [-0.4, -0.2) is 22.6 Å². The summed E-state index contributed by atoms with van der Waals surface area (Å²) in [5.41, 5.74) is 0. The minimum atomic E-state index is -0.526. The molecule has 0 saturated carbocycles. The maximum atomic E-state index is 10.4. The number of hydrogen-bond donors (Lipinski definition) is 1.